The first kappa shape index (κ1) is 48.9. The Morgan fingerprint density at radius 1 is 0.736 bits per heavy atom. The number of allylic oxidation sites excluding steroid dienone is 6. The lowest BCUT2D eigenvalue weighted by molar-refractivity contribution is -0.161. The molecule has 0 unspecified atom stereocenters. The Balaban J connectivity index is 2.34. The highest BCUT2D eigenvalue weighted by Crippen LogP contribution is 2.37. The van der Waals surface area contributed by atoms with E-state index in [0.717, 1.165) is 57.8 Å². The standard InChI is InChI=1S/C41H71O11P/c1-3-5-7-8-9-10-11-12-13-14-15-16-17-18-23-27-40(45)50-32-35(33-51-53(47,48)49)52-41(46)28-24-20-19-22-26-36-37(39(44)31-38(36)43)30-29-34(42)25-21-6-4-2/h10-13,19,22,29-30,34-39,42-44H,3-9,14-18,20-21,23-28,31-33H2,1-2H3,(H2,47,48,49)/b11-10-,13-12-,22-19+,30-29+/t34-,35+,36+,37+,38-,39+/m0/s1. The Kier molecular flexibility index (Phi) is 28.7. The Labute approximate surface area is 319 Å². The number of hydrogen-bond acceptors (Lipinski definition) is 9. The van der Waals surface area contributed by atoms with Crippen LogP contribution >= 0.6 is 7.82 Å². The van der Waals surface area contributed by atoms with Crippen LogP contribution in [0.1, 0.15) is 149 Å². The van der Waals surface area contributed by atoms with Gasteiger partial charge in [-0.05, 0) is 63.7 Å². The van der Waals surface area contributed by atoms with Gasteiger partial charge in [-0.3, -0.25) is 14.1 Å². The Morgan fingerprint density at radius 3 is 2.02 bits per heavy atom. The molecule has 11 nitrogen and oxygen atoms in total. The predicted molar refractivity (Wildman–Crippen MR) is 209 cm³/mol. The molecule has 1 aliphatic rings. The summed E-state index contributed by atoms with van der Waals surface area (Å²) in [6, 6.07) is 0. The van der Waals surface area contributed by atoms with Crippen LogP contribution in [0.3, 0.4) is 0 Å². The molecule has 0 aliphatic heterocycles. The quantitative estimate of drug-likeness (QED) is 0.0146. The number of carbonyl (C=O) groups excluding carboxylic acids is 2. The van der Waals surface area contributed by atoms with Crippen LogP contribution in [-0.4, -0.2) is 74.7 Å². The van der Waals surface area contributed by atoms with Gasteiger partial charge in [-0.1, -0.05) is 120 Å². The number of phosphoric acid groups is 1. The lowest BCUT2D eigenvalue weighted by atomic mass is 9.89. The van der Waals surface area contributed by atoms with Gasteiger partial charge in [0, 0.05) is 25.2 Å². The summed E-state index contributed by atoms with van der Waals surface area (Å²) in [5.41, 5.74) is 0. The molecule has 0 bridgehead atoms. The molecule has 6 atom stereocenters. The predicted octanol–water partition coefficient (Wildman–Crippen LogP) is 8.34. The minimum atomic E-state index is -4.83. The van der Waals surface area contributed by atoms with Gasteiger partial charge in [0.2, 0.25) is 0 Å². The van der Waals surface area contributed by atoms with Crippen molar-refractivity contribution in [2.45, 2.75) is 173 Å². The molecule has 0 aromatic heterocycles. The topological polar surface area (TPSA) is 180 Å². The lowest BCUT2D eigenvalue weighted by Crippen LogP contribution is -2.29. The normalized spacial score (nSPS) is 20.7. The summed E-state index contributed by atoms with van der Waals surface area (Å²) in [4.78, 5) is 43.0. The van der Waals surface area contributed by atoms with Gasteiger partial charge in [0.1, 0.15) is 6.61 Å². The van der Waals surface area contributed by atoms with Crippen molar-refractivity contribution in [3.05, 3.63) is 48.6 Å². The van der Waals surface area contributed by atoms with E-state index < -0.39 is 50.8 Å². The number of carbonyl (C=O) groups is 2. The maximum Gasteiger partial charge on any atom is 0.469 e. The van der Waals surface area contributed by atoms with Gasteiger partial charge in [0.25, 0.3) is 0 Å². The van der Waals surface area contributed by atoms with Crippen LogP contribution < -0.4 is 0 Å². The van der Waals surface area contributed by atoms with E-state index in [-0.39, 0.29) is 37.7 Å². The lowest BCUT2D eigenvalue weighted by Gasteiger charge is -2.19. The van der Waals surface area contributed by atoms with E-state index in [9.17, 15) is 29.5 Å². The average molecular weight is 771 g/mol. The molecule has 0 spiro atoms. The second-order valence-corrected chi connectivity index (χ2v) is 15.5. The molecule has 1 aliphatic carbocycles. The molecule has 0 saturated heterocycles. The summed E-state index contributed by atoms with van der Waals surface area (Å²) < 4.78 is 26.3. The van der Waals surface area contributed by atoms with Crippen molar-refractivity contribution in [1.29, 1.82) is 0 Å². The molecule has 0 amide bonds. The van der Waals surface area contributed by atoms with Crippen molar-refractivity contribution >= 4 is 19.8 Å². The molecule has 0 aromatic carbocycles. The fourth-order valence-electron chi connectivity index (χ4n) is 6.30. The zero-order valence-electron chi connectivity index (χ0n) is 32.5. The second kappa shape index (κ2) is 31.1. The van der Waals surface area contributed by atoms with Crippen LogP contribution in [0.25, 0.3) is 0 Å². The van der Waals surface area contributed by atoms with Gasteiger partial charge in [-0.15, -0.1) is 0 Å². The second-order valence-electron chi connectivity index (χ2n) is 14.3. The monoisotopic (exact) mass is 770 g/mol. The summed E-state index contributed by atoms with van der Waals surface area (Å²) in [6.07, 6.45) is 30.7. The van der Waals surface area contributed by atoms with Gasteiger partial charge in [-0.25, -0.2) is 4.57 Å². The van der Waals surface area contributed by atoms with E-state index in [0.29, 0.717) is 32.1 Å². The average Bonchev–Trinajstić information content (AvgIpc) is 3.38. The van der Waals surface area contributed by atoms with Crippen molar-refractivity contribution in [3.8, 4) is 0 Å². The first-order chi connectivity index (χ1) is 25.5. The zero-order valence-corrected chi connectivity index (χ0v) is 33.4. The molecule has 53 heavy (non-hydrogen) atoms. The number of unbranched alkanes of at least 4 members (excludes halogenated alkanes) is 12. The maximum absolute atomic E-state index is 12.5. The number of esters is 2. The third-order valence-electron chi connectivity index (χ3n) is 9.42. The number of aliphatic hydroxyl groups is 3. The number of ether oxygens (including phenoxy) is 2. The first-order valence-electron chi connectivity index (χ1n) is 20.2. The largest absolute Gasteiger partial charge is 0.469 e. The highest BCUT2D eigenvalue weighted by molar-refractivity contribution is 7.46. The third kappa shape index (κ3) is 27.2. The minimum Gasteiger partial charge on any atom is -0.462 e. The number of aliphatic hydroxyl groups excluding tert-OH is 3. The van der Waals surface area contributed by atoms with Gasteiger partial charge in [0.05, 0.1) is 24.9 Å². The molecular weight excluding hydrogens is 699 g/mol. The smallest absolute Gasteiger partial charge is 0.462 e. The van der Waals surface area contributed by atoms with E-state index in [2.05, 4.69) is 42.7 Å². The zero-order chi connectivity index (χ0) is 39.2. The molecule has 12 heteroatoms. The third-order valence-corrected chi connectivity index (χ3v) is 9.90. The van der Waals surface area contributed by atoms with E-state index >= 15 is 0 Å². The molecule has 0 heterocycles. The van der Waals surface area contributed by atoms with Crippen LogP contribution in [0, 0.1) is 11.8 Å². The molecular formula is C41H71O11P. The van der Waals surface area contributed by atoms with Gasteiger partial charge in [0.15, 0.2) is 6.10 Å². The Hall–Kier alpha value is -2.11. The number of phosphoric ester groups is 1. The molecule has 1 rings (SSSR count). The van der Waals surface area contributed by atoms with Gasteiger partial charge < -0.3 is 34.6 Å². The van der Waals surface area contributed by atoms with Crippen LogP contribution in [0.15, 0.2) is 48.6 Å². The molecule has 0 radical (unpaired) electrons. The van der Waals surface area contributed by atoms with Crippen molar-refractivity contribution in [2.75, 3.05) is 13.2 Å². The SMILES string of the molecule is CCCCCC/C=C\C=C/CCCCCCCC(=O)OC[C@H](COP(=O)(O)O)OC(=O)CCC/C=C/C[C@@H]1[C@@H](/C=C/[C@@H](O)CCCCC)[C@H](O)C[C@@H]1O. The Morgan fingerprint density at radius 2 is 1.34 bits per heavy atom. The fraction of sp³-hybridized carbons (Fsp3) is 0.756. The summed E-state index contributed by atoms with van der Waals surface area (Å²) in [6.45, 7) is 3.33. The molecule has 5 N–H and O–H groups in total. The maximum atomic E-state index is 12.5. The van der Waals surface area contributed by atoms with Crippen LogP contribution in [-0.2, 0) is 28.2 Å². The summed E-state index contributed by atoms with van der Waals surface area (Å²) in [5.74, 6) is -1.53. The Bertz CT molecular complexity index is 1120. The van der Waals surface area contributed by atoms with Crippen molar-refractivity contribution < 1.29 is 53.3 Å². The van der Waals surface area contributed by atoms with Crippen LogP contribution in [0.4, 0.5) is 0 Å². The van der Waals surface area contributed by atoms with Crippen molar-refractivity contribution in [2.24, 2.45) is 11.8 Å². The van der Waals surface area contributed by atoms with Crippen molar-refractivity contribution in [1.82, 2.24) is 0 Å². The molecule has 0 aromatic rings. The number of rotatable bonds is 32. The van der Waals surface area contributed by atoms with E-state index in [1.54, 1.807) is 6.08 Å². The molecule has 1 fully saturated rings. The van der Waals surface area contributed by atoms with Gasteiger partial charge >= 0.3 is 19.8 Å². The van der Waals surface area contributed by atoms with E-state index in [1.165, 1.54) is 25.7 Å². The number of hydrogen-bond donors (Lipinski definition) is 5. The van der Waals surface area contributed by atoms with Crippen LogP contribution in [0.2, 0.25) is 0 Å². The summed E-state index contributed by atoms with van der Waals surface area (Å²) >= 11 is 0. The van der Waals surface area contributed by atoms with Crippen LogP contribution in [0.5, 0.6) is 0 Å². The highest BCUT2D eigenvalue weighted by atomic mass is 31.2. The van der Waals surface area contributed by atoms with E-state index in [1.807, 2.05) is 18.2 Å². The van der Waals surface area contributed by atoms with Crippen molar-refractivity contribution in [3.63, 3.8) is 0 Å². The van der Waals surface area contributed by atoms with E-state index in [4.69, 9.17) is 19.3 Å². The summed E-state index contributed by atoms with van der Waals surface area (Å²) in [5, 5.41) is 31.2. The molecule has 1 saturated carbocycles. The minimum absolute atomic E-state index is 0.0301. The van der Waals surface area contributed by atoms with Gasteiger partial charge in [-0.2, -0.15) is 0 Å². The first-order valence-corrected chi connectivity index (χ1v) is 21.7. The summed E-state index contributed by atoms with van der Waals surface area (Å²) in [7, 11) is -4.83. The fourth-order valence-corrected chi connectivity index (χ4v) is 6.66. The highest BCUT2D eigenvalue weighted by Gasteiger charge is 2.39. The molecule has 306 valence electrons.